The first kappa shape index (κ1) is 107. The minimum atomic E-state index is -1.94. The monoisotopic (exact) mass is 1940 g/mol. The van der Waals surface area contributed by atoms with Crippen molar-refractivity contribution >= 4 is 158 Å². The van der Waals surface area contributed by atoms with E-state index in [9.17, 15) is 63.3 Å². The summed E-state index contributed by atoms with van der Waals surface area (Å²) in [6, 6.07) is -2.84. The Morgan fingerprint density at radius 2 is 1.09 bits per heavy atom. The highest BCUT2D eigenvalue weighted by Gasteiger charge is 2.47. The molecule has 15 atom stereocenters. The molecule has 3 aromatic carbocycles. The maximum atomic E-state index is 15.8. The molecule has 3 aliphatic heterocycles. The van der Waals surface area contributed by atoms with Crippen molar-refractivity contribution in [3.63, 3.8) is 0 Å². The van der Waals surface area contributed by atoms with Gasteiger partial charge in [0.2, 0.25) is 100 Å². The zero-order chi connectivity index (χ0) is 100. The second-order valence-corrected chi connectivity index (χ2v) is 35.7. The summed E-state index contributed by atoms with van der Waals surface area (Å²) in [7, 11) is 3.86. The van der Waals surface area contributed by atoms with Crippen LogP contribution in [0.15, 0.2) is 97.7 Å². The van der Waals surface area contributed by atoms with Gasteiger partial charge in [-0.25, -0.2) is 4.98 Å². The number of hydrogen-bond donors (Lipinski definition) is 21. The van der Waals surface area contributed by atoms with Crippen LogP contribution in [0.3, 0.4) is 0 Å². The number of thioether (sulfide) groups is 1. The Morgan fingerprint density at radius 1 is 0.547 bits per heavy atom. The first-order chi connectivity index (χ1) is 65.3. The number of carboxylic acid groups (broad SMARTS) is 1. The fraction of sp³-hybridized carbons (Fsp3) is 0.511. The molecule has 0 saturated carbocycles. The predicted octanol–water partition coefficient (Wildman–Crippen LogP) is -3.16. The van der Waals surface area contributed by atoms with Gasteiger partial charge in [-0.05, 0) is 92.8 Å². The number of para-hydroxylation sites is 2. The van der Waals surface area contributed by atoms with Gasteiger partial charge in [0, 0.05) is 136 Å². The number of rotatable bonds is 27. The Morgan fingerprint density at radius 3 is 1.69 bits per heavy atom. The van der Waals surface area contributed by atoms with E-state index < -0.39 is 266 Å². The van der Waals surface area contributed by atoms with Crippen molar-refractivity contribution < 1.29 is 102 Å². The summed E-state index contributed by atoms with van der Waals surface area (Å²) in [5, 5.41) is 70.6. The van der Waals surface area contributed by atoms with Gasteiger partial charge in [-0.1, -0.05) is 99.7 Å². The Kier molecular flexibility index (Phi) is 40.0. The van der Waals surface area contributed by atoms with Crippen LogP contribution in [0, 0.1) is 5.41 Å². The van der Waals surface area contributed by atoms with Gasteiger partial charge < -0.3 is 130 Å². The van der Waals surface area contributed by atoms with Crippen molar-refractivity contribution in [2.24, 2.45) is 17.2 Å². The van der Waals surface area contributed by atoms with Gasteiger partial charge in [0.1, 0.15) is 84.6 Å². The molecule has 0 spiro atoms. The molecule has 6 aromatic rings. The number of H-pyrrole nitrogens is 3. The number of guanidine groups is 1. The highest BCUT2D eigenvalue weighted by molar-refractivity contribution is 8.00. The van der Waals surface area contributed by atoms with Crippen LogP contribution in [0.4, 0.5) is 0 Å². The molecule has 24 N–H and O–H groups in total. The average molecular weight is 1940 g/mol. The van der Waals surface area contributed by atoms with Crippen molar-refractivity contribution in [3.8, 4) is 0 Å². The molecule has 137 heavy (non-hydrogen) atoms. The number of nitrogens with one attached hydrogen (secondary N) is 15. The van der Waals surface area contributed by atoms with E-state index in [1.165, 1.54) is 52.7 Å². The maximum Gasteiger partial charge on any atom is 0.303 e. The molecule has 17 amide bonds. The van der Waals surface area contributed by atoms with Crippen molar-refractivity contribution in [2.45, 2.75) is 227 Å². The van der Waals surface area contributed by atoms with Crippen LogP contribution in [-0.2, 0) is 112 Å². The van der Waals surface area contributed by atoms with Gasteiger partial charge in [-0.3, -0.25) is 91.7 Å². The number of unbranched alkanes of at least 4 members (excludes halogenated alkanes) is 2. The Balaban J connectivity index is 1.11. The summed E-state index contributed by atoms with van der Waals surface area (Å²) in [5.41, 5.74) is 19.6. The molecular weight excluding hydrogens is 1820 g/mol. The number of aliphatic hydroxyl groups excluding tert-OH is 2. The molecule has 47 heteroatoms. The van der Waals surface area contributed by atoms with Crippen LogP contribution in [-0.4, -0.2) is 328 Å². The number of aromatic amines is 3. The van der Waals surface area contributed by atoms with E-state index in [0.717, 1.165) is 36.3 Å². The predicted molar refractivity (Wildman–Crippen MR) is 501 cm³/mol. The Labute approximate surface area is 798 Å². The van der Waals surface area contributed by atoms with Gasteiger partial charge in [0.05, 0.1) is 37.8 Å². The number of benzene rings is 3. The van der Waals surface area contributed by atoms with E-state index in [0.29, 0.717) is 69.2 Å². The van der Waals surface area contributed by atoms with Crippen molar-refractivity contribution in [2.75, 3.05) is 65.4 Å². The lowest BCUT2D eigenvalue weighted by Gasteiger charge is -2.36. The third-order valence-electron chi connectivity index (χ3n) is 24.2. The van der Waals surface area contributed by atoms with Crippen LogP contribution in [0.1, 0.15) is 133 Å². The molecule has 3 saturated heterocycles. The van der Waals surface area contributed by atoms with Gasteiger partial charge in [0.15, 0.2) is 5.96 Å². The molecule has 0 unspecified atom stereocenters. The second-order valence-electron chi connectivity index (χ2n) is 34.2. The number of imidazole rings is 1. The van der Waals surface area contributed by atoms with Crippen molar-refractivity contribution in [1.29, 1.82) is 5.41 Å². The summed E-state index contributed by atoms with van der Waals surface area (Å²) >= 11 is 7.01. The highest BCUT2D eigenvalue weighted by Crippen LogP contribution is 2.28. The standard InChI is InChI=1S/C90H123ClN24O21S/c1-7-9-22-68-82(129)103-59(21-15-31-97-90(94)95)78(125)110-67(77(124)100-42-73(93)119)45-137-46-74(120)102-63(33-49-25-27-52(91)28-26-49)85(132)111(4)48(3)76(123)107-65(38-72(92)118)88(135)114-32-16-24-69(114)83(130)106-62(36-53-41-96-47-101-53)80(127)104-60(29-30-75(121)122)87(134)115-43-54(117)37-71(115)84(131)105-61(34-50-39-98-57-19-13-11-17-55(50)57)79(126)109-66(44-116)81(128)108-64(35-51-40-99-58-20-14-12-18-56(51)58)86(133)113(6)70(23-10-8-2)89(136)112(68)5/h11-14,17-20,25-28,39-41,47-48,54,59-71,98-99,116-117H,7-10,15-16,21-24,29-38,42-46H2,1-6H3,(H2,92,118)(H2,93,119)(H,96,101)(H,100,124)(H,102,120)(H,103,129)(H,104,127)(H,105,131)(H,106,130)(H,107,123)(H,108,128)(H,109,126)(H,110,125)(H,121,122)(H4,94,95,97)/t48-,54+,59-,60-,61-,62-,63-,64-,65-,66-,67-,68-,69-,70-,71-/m0/s1. The lowest BCUT2D eigenvalue weighted by atomic mass is 10.00. The number of fused-ring (bicyclic) bond motifs is 4. The largest absolute Gasteiger partial charge is 0.481 e. The molecule has 742 valence electrons. The summed E-state index contributed by atoms with van der Waals surface area (Å²) < 4.78 is 0. The smallest absolute Gasteiger partial charge is 0.303 e. The van der Waals surface area contributed by atoms with Crippen molar-refractivity contribution in [1.82, 2.24) is 103 Å². The number of halogens is 1. The molecule has 0 aliphatic carbocycles. The summed E-state index contributed by atoms with van der Waals surface area (Å²) in [6.45, 7) is 2.24. The summed E-state index contributed by atoms with van der Waals surface area (Å²) in [6.07, 6.45) is 1.46. The number of nitrogens with zero attached hydrogens (tertiary/aromatic N) is 6. The van der Waals surface area contributed by atoms with Crippen LogP contribution in [0.2, 0.25) is 5.02 Å². The summed E-state index contributed by atoms with van der Waals surface area (Å²) in [5.74, 6) is -19.9. The van der Waals surface area contributed by atoms with E-state index in [1.54, 1.807) is 73.1 Å². The van der Waals surface area contributed by atoms with E-state index in [1.807, 2.05) is 13.8 Å². The van der Waals surface area contributed by atoms with E-state index in [2.05, 4.69) is 78.4 Å². The van der Waals surface area contributed by atoms with Gasteiger partial charge in [-0.15, -0.1) is 11.8 Å². The fourth-order valence-electron chi connectivity index (χ4n) is 16.6. The first-order valence-corrected chi connectivity index (χ1v) is 46.8. The number of nitrogens with two attached hydrogens (primary N) is 3. The molecule has 3 fully saturated rings. The van der Waals surface area contributed by atoms with E-state index >= 15 is 38.4 Å². The first-order valence-electron chi connectivity index (χ1n) is 45.3. The fourth-order valence-corrected chi connectivity index (χ4v) is 17.6. The number of aliphatic carboxylic acids is 1. The average Bonchev–Trinajstić information content (AvgIpc) is 1.69. The van der Waals surface area contributed by atoms with Crippen LogP contribution in [0.5, 0.6) is 0 Å². The maximum absolute atomic E-state index is 15.8. The van der Waals surface area contributed by atoms with Gasteiger partial charge in [0.25, 0.3) is 0 Å². The van der Waals surface area contributed by atoms with E-state index in [4.69, 9.17) is 34.2 Å². The summed E-state index contributed by atoms with van der Waals surface area (Å²) in [4.78, 5) is 281. The zero-order valence-electron chi connectivity index (χ0n) is 77.0. The molecule has 6 heterocycles. The SMILES string of the molecule is CCCC[C@H]1C(=O)N(C)[C@@H](CCCC)C(=O)N[C@@H](CCCNC(=N)N)C(=O)N[C@H](C(=O)NCC(N)=O)CSCC(=O)N[C@@H](Cc2ccc(Cl)cc2)C(=O)N(C)[C@@H](C)C(=O)N[C@@H](CC(N)=O)C(=O)N2CCC[C@H]2C(=O)N[C@@H](Cc2cnc[nH]2)C(=O)N[C@@H](CCC(=O)O)C(=O)N2C[C@H](O)C[C@H]2C(=O)N[C@@H](Cc2c[nH]c3ccccc23)C(=O)N[C@@H](CO)C(=O)N[C@@H](Cc2c[nH]c3ccccc23)C(=O)N1C. The molecular formula is C90H123ClN24O21S. The number of carbonyl (C=O) groups excluding carboxylic acids is 17. The molecule has 3 aliphatic rings. The number of amides is 17. The van der Waals surface area contributed by atoms with E-state index in [-0.39, 0.29) is 76.6 Å². The quantitative estimate of drug-likeness (QED) is 0.0137. The molecule has 3 aromatic heterocycles. The van der Waals surface area contributed by atoms with Crippen LogP contribution in [0.25, 0.3) is 21.8 Å². The van der Waals surface area contributed by atoms with Gasteiger partial charge in [-0.2, -0.15) is 0 Å². The highest BCUT2D eigenvalue weighted by atomic mass is 35.5. The number of carbonyl (C=O) groups is 18. The Hall–Kier alpha value is -13.8. The van der Waals surface area contributed by atoms with Crippen LogP contribution >= 0.6 is 23.4 Å². The minimum Gasteiger partial charge on any atom is -0.481 e. The second kappa shape index (κ2) is 51.3. The van der Waals surface area contributed by atoms with Crippen LogP contribution < -0.4 is 75.7 Å². The minimum absolute atomic E-state index is 0.0215. The third kappa shape index (κ3) is 30.1. The lowest BCUT2D eigenvalue weighted by Crippen LogP contribution is -2.62. The number of carboxylic acids is 1. The number of hydrogen-bond acceptors (Lipinski definition) is 23. The number of aliphatic hydroxyl groups is 2. The molecule has 45 nitrogen and oxygen atoms in total. The normalized spacial score (nSPS) is 24.5. The molecule has 9 rings (SSSR count). The van der Waals surface area contributed by atoms with Crippen molar-refractivity contribution in [3.05, 3.63) is 125 Å². The number of likely N-dealkylation sites (N-methyl/N-ethyl adjacent to an activating group) is 3. The number of aromatic nitrogens is 4. The Bertz CT molecular complexity index is 5330. The zero-order valence-corrected chi connectivity index (χ0v) is 78.5. The third-order valence-corrected chi connectivity index (χ3v) is 25.5. The van der Waals surface area contributed by atoms with Gasteiger partial charge >= 0.3 is 5.97 Å². The molecule has 0 bridgehead atoms. The number of primary amides is 2. The lowest BCUT2D eigenvalue weighted by molar-refractivity contribution is -0.149. The topological polar surface area (TPSA) is 679 Å². The molecule has 0 radical (unpaired) electrons.